The molecule has 3 heteroatoms. The van der Waals surface area contributed by atoms with Gasteiger partial charge in [0.05, 0.1) is 0 Å². The molecule has 0 fully saturated rings. The van der Waals surface area contributed by atoms with Crippen LogP contribution in [0.5, 0.6) is 0 Å². The van der Waals surface area contributed by atoms with Crippen LogP contribution in [0, 0.1) is 6.92 Å². The first-order valence-corrected chi connectivity index (χ1v) is 8.90. The number of hydrogen-bond donors (Lipinski definition) is 1. The lowest BCUT2D eigenvalue weighted by Gasteiger charge is -2.16. The fourth-order valence-electron chi connectivity index (χ4n) is 3.07. The molecular formula is C18H22ClNS. The number of hydrogen-bond acceptors (Lipinski definition) is 2. The topological polar surface area (TPSA) is 12.0 Å². The van der Waals surface area contributed by atoms with Crippen LogP contribution in [-0.4, -0.2) is 7.05 Å². The average molecular weight is 320 g/mol. The Morgan fingerprint density at radius 1 is 1.24 bits per heavy atom. The highest BCUT2D eigenvalue weighted by molar-refractivity contribution is 7.12. The second kappa shape index (κ2) is 6.51. The van der Waals surface area contributed by atoms with E-state index in [4.69, 9.17) is 11.6 Å². The molecule has 0 amide bonds. The summed E-state index contributed by atoms with van der Waals surface area (Å²) in [5.74, 6) is 0. The highest BCUT2D eigenvalue weighted by Gasteiger charge is 2.19. The molecule has 3 rings (SSSR count). The minimum Gasteiger partial charge on any atom is -0.312 e. The van der Waals surface area contributed by atoms with Gasteiger partial charge >= 0.3 is 0 Å². The molecule has 0 spiro atoms. The van der Waals surface area contributed by atoms with E-state index in [-0.39, 0.29) is 0 Å². The van der Waals surface area contributed by atoms with Crippen molar-refractivity contribution >= 4 is 22.9 Å². The Kier molecular flexibility index (Phi) is 4.68. The van der Waals surface area contributed by atoms with Gasteiger partial charge < -0.3 is 5.32 Å². The zero-order chi connectivity index (χ0) is 14.8. The van der Waals surface area contributed by atoms with Gasteiger partial charge in [0.1, 0.15) is 0 Å². The van der Waals surface area contributed by atoms with E-state index in [1.807, 2.05) is 18.4 Å². The van der Waals surface area contributed by atoms with E-state index < -0.39 is 0 Å². The number of aryl methyl sites for hydroxylation is 3. The van der Waals surface area contributed by atoms with E-state index in [2.05, 4.69) is 36.5 Å². The van der Waals surface area contributed by atoms with Gasteiger partial charge in [-0.3, -0.25) is 0 Å². The molecule has 1 aromatic heterocycles. The molecule has 1 aliphatic carbocycles. The minimum absolute atomic E-state index is 0.362. The van der Waals surface area contributed by atoms with E-state index in [1.54, 1.807) is 10.4 Å². The number of thiophene rings is 1. The SMILES string of the molecule is CNC(Cc1ccc(C)cc1Cl)c1cc2c(s1)CCCC2. The predicted molar refractivity (Wildman–Crippen MR) is 92.7 cm³/mol. The maximum absolute atomic E-state index is 6.39. The average Bonchev–Trinajstić information content (AvgIpc) is 2.90. The lowest BCUT2D eigenvalue weighted by atomic mass is 9.97. The smallest absolute Gasteiger partial charge is 0.0453 e. The first kappa shape index (κ1) is 15.1. The first-order chi connectivity index (χ1) is 10.2. The van der Waals surface area contributed by atoms with Crippen LogP contribution in [-0.2, 0) is 19.3 Å². The van der Waals surface area contributed by atoms with Crippen molar-refractivity contribution in [2.24, 2.45) is 0 Å². The molecule has 1 nitrogen and oxygen atoms in total. The van der Waals surface area contributed by atoms with Crippen molar-refractivity contribution in [1.29, 1.82) is 0 Å². The Balaban J connectivity index is 1.83. The molecule has 0 saturated carbocycles. The van der Waals surface area contributed by atoms with Gasteiger partial charge in [-0.1, -0.05) is 23.7 Å². The van der Waals surface area contributed by atoms with E-state index in [0.717, 1.165) is 11.4 Å². The molecule has 0 bridgehead atoms. The van der Waals surface area contributed by atoms with Gasteiger partial charge in [-0.05, 0) is 74.9 Å². The van der Waals surface area contributed by atoms with Crippen molar-refractivity contribution in [3.05, 3.63) is 55.7 Å². The number of halogens is 1. The third-order valence-electron chi connectivity index (χ3n) is 4.34. The van der Waals surface area contributed by atoms with Crippen LogP contribution in [0.3, 0.4) is 0 Å². The molecule has 0 saturated heterocycles. The lowest BCUT2D eigenvalue weighted by molar-refractivity contribution is 0.601. The Bertz CT molecular complexity index is 609. The van der Waals surface area contributed by atoms with Crippen molar-refractivity contribution in [3.8, 4) is 0 Å². The minimum atomic E-state index is 0.362. The van der Waals surface area contributed by atoms with E-state index in [9.17, 15) is 0 Å². The molecule has 112 valence electrons. The second-order valence-corrected chi connectivity index (χ2v) is 7.52. The number of nitrogens with one attached hydrogen (secondary N) is 1. The summed E-state index contributed by atoms with van der Waals surface area (Å²) in [5, 5.41) is 4.36. The number of benzene rings is 1. The van der Waals surface area contributed by atoms with Crippen LogP contribution >= 0.6 is 22.9 Å². The molecule has 1 heterocycles. The van der Waals surface area contributed by atoms with E-state index in [0.29, 0.717) is 6.04 Å². The van der Waals surface area contributed by atoms with Gasteiger partial charge in [0.25, 0.3) is 0 Å². The third-order valence-corrected chi connectivity index (χ3v) is 6.04. The number of likely N-dealkylation sites (N-methyl/N-ethyl adjacent to an activating group) is 1. The maximum atomic E-state index is 6.39. The Morgan fingerprint density at radius 3 is 2.76 bits per heavy atom. The monoisotopic (exact) mass is 319 g/mol. The Labute approximate surface area is 136 Å². The van der Waals surface area contributed by atoms with Gasteiger partial charge in [0.15, 0.2) is 0 Å². The highest BCUT2D eigenvalue weighted by Crippen LogP contribution is 2.34. The zero-order valence-corrected chi connectivity index (χ0v) is 14.3. The molecule has 1 aromatic carbocycles. The van der Waals surface area contributed by atoms with Crippen LogP contribution in [0.2, 0.25) is 5.02 Å². The molecular weight excluding hydrogens is 298 g/mol. The summed E-state index contributed by atoms with van der Waals surface area (Å²) >= 11 is 8.39. The van der Waals surface area contributed by atoms with Gasteiger partial charge in [-0.15, -0.1) is 11.3 Å². The molecule has 1 atom stereocenters. The summed E-state index contributed by atoms with van der Waals surface area (Å²) in [6.07, 6.45) is 6.17. The molecule has 0 radical (unpaired) electrons. The van der Waals surface area contributed by atoms with Gasteiger partial charge in [-0.25, -0.2) is 0 Å². The number of fused-ring (bicyclic) bond motifs is 1. The largest absolute Gasteiger partial charge is 0.312 e. The molecule has 1 N–H and O–H groups in total. The van der Waals surface area contributed by atoms with Crippen molar-refractivity contribution in [1.82, 2.24) is 5.32 Å². The Morgan fingerprint density at radius 2 is 2.05 bits per heavy atom. The molecule has 21 heavy (non-hydrogen) atoms. The van der Waals surface area contributed by atoms with Gasteiger partial charge in [-0.2, -0.15) is 0 Å². The zero-order valence-electron chi connectivity index (χ0n) is 12.7. The van der Waals surface area contributed by atoms with Crippen LogP contribution in [0.25, 0.3) is 0 Å². The summed E-state index contributed by atoms with van der Waals surface area (Å²) in [7, 11) is 2.05. The second-order valence-electron chi connectivity index (χ2n) is 5.94. The summed E-state index contributed by atoms with van der Waals surface area (Å²) in [4.78, 5) is 3.06. The van der Waals surface area contributed by atoms with Crippen molar-refractivity contribution in [2.45, 2.75) is 45.1 Å². The summed E-state index contributed by atoms with van der Waals surface area (Å²) in [6.45, 7) is 2.08. The number of rotatable bonds is 4. The highest BCUT2D eigenvalue weighted by atomic mass is 35.5. The van der Waals surface area contributed by atoms with Gasteiger partial charge in [0, 0.05) is 20.8 Å². The molecule has 1 unspecified atom stereocenters. The first-order valence-electron chi connectivity index (χ1n) is 7.71. The van der Waals surface area contributed by atoms with Crippen LogP contribution < -0.4 is 5.32 Å². The molecule has 0 aliphatic heterocycles. The van der Waals surface area contributed by atoms with Crippen molar-refractivity contribution in [3.63, 3.8) is 0 Å². The van der Waals surface area contributed by atoms with Crippen molar-refractivity contribution in [2.75, 3.05) is 7.05 Å². The quantitative estimate of drug-likeness (QED) is 0.827. The predicted octanol–water partition coefficient (Wildman–Crippen LogP) is 5.09. The van der Waals surface area contributed by atoms with Crippen LogP contribution in [0.15, 0.2) is 24.3 Å². The summed E-state index contributed by atoms with van der Waals surface area (Å²) in [5.41, 5.74) is 4.03. The van der Waals surface area contributed by atoms with Crippen molar-refractivity contribution < 1.29 is 0 Å². The fourth-order valence-corrected chi connectivity index (χ4v) is 4.75. The van der Waals surface area contributed by atoms with Crippen LogP contribution in [0.4, 0.5) is 0 Å². The summed E-state index contributed by atoms with van der Waals surface area (Å²) in [6, 6.07) is 9.15. The standard InChI is InChI=1S/C18H22ClNS/c1-12-7-8-13(15(19)9-12)10-16(20-2)18-11-14-5-3-4-6-17(14)21-18/h7-9,11,16,20H,3-6,10H2,1-2H3. The van der Waals surface area contributed by atoms with E-state index in [1.165, 1.54) is 41.7 Å². The van der Waals surface area contributed by atoms with Crippen LogP contribution in [0.1, 0.15) is 45.3 Å². The fraction of sp³-hybridized carbons (Fsp3) is 0.444. The third kappa shape index (κ3) is 3.33. The Hall–Kier alpha value is -0.830. The normalized spacial score (nSPS) is 15.8. The maximum Gasteiger partial charge on any atom is 0.0453 e. The van der Waals surface area contributed by atoms with E-state index >= 15 is 0 Å². The summed E-state index contributed by atoms with van der Waals surface area (Å²) < 4.78 is 0. The lowest BCUT2D eigenvalue weighted by Crippen LogP contribution is -2.17. The molecule has 1 aliphatic rings. The van der Waals surface area contributed by atoms with Gasteiger partial charge in [0.2, 0.25) is 0 Å². The molecule has 2 aromatic rings.